The van der Waals surface area contributed by atoms with Crippen molar-refractivity contribution in [1.82, 2.24) is 10.2 Å². The van der Waals surface area contributed by atoms with Crippen LogP contribution in [0.1, 0.15) is 78.6 Å². The molecule has 2 fully saturated rings. The molecule has 1 unspecified atom stereocenters. The summed E-state index contributed by atoms with van der Waals surface area (Å²) >= 11 is 0. The number of nitrogens with one attached hydrogen (secondary N) is 1. The first kappa shape index (κ1) is 16.3. The molecule has 0 aromatic rings. The highest BCUT2D eigenvalue weighted by molar-refractivity contribution is 5.01. The van der Waals surface area contributed by atoms with Crippen LogP contribution in [0.3, 0.4) is 0 Å². The second-order valence-corrected chi connectivity index (χ2v) is 7.65. The Labute approximate surface area is 126 Å². The lowest BCUT2D eigenvalue weighted by Crippen LogP contribution is -2.53. The van der Waals surface area contributed by atoms with Crippen LogP contribution in [-0.2, 0) is 0 Å². The second kappa shape index (κ2) is 7.26. The fourth-order valence-electron chi connectivity index (χ4n) is 4.28. The van der Waals surface area contributed by atoms with Gasteiger partial charge in [0.25, 0.3) is 0 Å². The van der Waals surface area contributed by atoms with Gasteiger partial charge in [0, 0.05) is 18.1 Å². The van der Waals surface area contributed by atoms with Gasteiger partial charge in [0.05, 0.1) is 0 Å². The van der Waals surface area contributed by atoms with Crippen molar-refractivity contribution in [3.63, 3.8) is 0 Å². The van der Waals surface area contributed by atoms with Crippen LogP contribution in [0.5, 0.6) is 0 Å². The van der Waals surface area contributed by atoms with E-state index in [1.807, 2.05) is 0 Å². The van der Waals surface area contributed by atoms with Gasteiger partial charge in [0.15, 0.2) is 0 Å². The van der Waals surface area contributed by atoms with Gasteiger partial charge in [-0.1, -0.05) is 20.3 Å². The fraction of sp³-hybridized carbons (Fsp3) is 1.00. The Morgan fingerprint density at radius 3 is 2.40 bits per heavy atom. The molecule has 2 rings (SSSR count). The summed E-state index contributed by atoms with van der Waals surface area (Å²) in [7, 11) is 2.34. The molecule has 2 aliphatic rings. The third-order valence-electron chi connectivity index (χ3n) is 5.99. The number of nitrogens with zero attached hydrogens (tertiary/aromatic N) is 1. The fourth-order valence-corrected chi connectivity index (χ4v) is 4.28. The lowest BCUT2D eigenvalue weighted by molar-refractivity contribution is 0.00717. The van der Waals surface area contributed by atoms with Crippen molar-refractivity contribution < 1.29 is 0 Å². The number of hydrogen-bond donors (Lipinski definition) is 1. The normalized spacial score (nSPS) is 35.2. The van der Waals surface area contributed by atoms with Crippen molar-refractivity contribution in [3.8, 4) is 0 Å². The molecule has 0 aromatic carbocycles. The molecule has 2 aliphatic carbocycles. The van der Waals surface area contributed by atoms with Gasteiger partial charge in [-0.05, 0) is 77.3 Å². The highest BCUT2D eigenvalue weighted by Crippen LogP contribution is 2.52. The van der Waals surface area contributed by atoms with Crippen molar-refractivity contribution in [2.45, 2.75) is 96.7 Å². The Kier molecular flexibility index (Phi) is 5.92. The van der Waals surface area contributed by atoms with E-state index in [9.17, 15) is 0 Å². The van der Waals surface area contributed by atoms with Crippen molar-refractivity contribution >= 4 is 0 Å². The van der Waals surface area contributed by atoms with E-state index in [0.29, 0.717) is 6.04 Å². The van der Waals surface area contributed by atoms with Crippen LogP contribution >= 0.6 is 0 Å². The molecule has 0 bridgehead atoms. The first-order valence-corrected chi connectivity index (χ1v) is 9.05. The SMILES string of the molecule is CCCCN(C)[C@H]1CCC2(CC1)C[C@H](NC(C)CC)C2. The molecule has 118 valence electrons. The van der Waals surface area contributed by atoms with Gasteiger partial charge >= 0.3 is 0 Å². The zero-order chi connectivity index (χ0) is 14.6. The van der Waals surface area contributed by atoms with Gasteiger partial charge in [0.1, 0.15) is 0 Å². The van der Waals surface area contributed by atoms with Gasteiger partial charge in [-0.15, -0.1) is 0 Å². The van der Waals surface area contributed by atoms with Crippen molar-refractivity contribution in [1.29, 1.82) is 0 Å². The van der Waals surface area contributed by atoms with Crippen molar-refractivity contribution in [2.24, 2.45) is 5.41 Å². The number of hydrogen-bond acceptors (Lipinski definition) is 2. The Balaban J connectivity index is 1.68. The third kappa shape index (κ3) is 3.98. The van der Waals surface area contributed by atoms with Crippen LogP contribution in [-0.4, -0.2) is 36.6 Å². The molecule has 0 radical (unpaired) electrons. The minimum absolute atomic E-state index is 0.703. The highest BCUT2D eigenvalue weighted by atomic mass is 15.1. The molecular formula is C18H36N2. The van der Waals surface area contributed by atoms with E-state index in [4.69, 9.17) is 0 Å². The first-order chi connectivity index (χ1) is 9.58. The lowest BCUT2D eigenvalue weighted by Gasteiger charge is -2.53. The topological polar surface area (TPSA) is 15.3 Å². The van der Waals surface area contributed by atoms with Crippen LogP contribution in [0, 0.1) is 5.41 Å². The van der Waals surface area contributed by atoms with Crippen LogP contribution in [0.4, 0.5) is 0 Å². The second-order valence-electron chi connectivity index (χ2n) is 7.65. The molecule has 1 N–H and O–H groups in total. The Morgan fingerprint density at radius 2 is 1.85 bits per heavy atom. The summed E-state index contributed by atoms with van der Waals surface area (Å²) < 4.78 is 0. The average Bonchev–Trinajstić information content (AvgIpc) is 2.43. The molecule has 2 saturated carbocycles. The minimum atomic E-state index is 0.703. The first-order valence-electron chi connectivity index (χ1n) is 9.05. The molecule has 20 heavy (non-hydrogen) atoms. The third-order valence-corrected chi connectivity index (χ3v) is 5.99. The van der Waals surface area contributed by atoms with E-state index >= 15 is 0 Å². The zero-order valence-corrected chi connectivity index (χ0v) is 14.3. The maximum atomic E-state index is 3.79. The minimum Gasteiger partial charge on any atom is -0.311 e. The molecule has 2 heteroatoms. The van der Waals surface area contributed by atoms with Crippen LogP contribution < -0.4 is 5.32 Å². The summed E-state index contributed by atoms with van der Waals surface area (Å²) in [5.41, 5.74) is 0.729. The molecule has 2 nitrogen and oxygen atoms in total. The molecule has 0 amide bonds. The van der Waals surface area contributed by atoms with Crippen molar-refractivity contribution in [3.05, 3.63) is 0 Å². The smallest absolute Gasteiger partial charge is 0.00926 e. The predicted molar refractivity (Wildman–Crippen MR) is 88.1 cm³/mol. The standard InChI is InChI=1S/C18H36N2/c1-5-7-12-20(4)17-8-10-18(11-9-17)13-16(14-18)19-15(3)6-2/h15-17,19H,5-14H2,1-4H3/t15?,16-,17-,18?. The van der Waals surface area contributed by atoms with Gasteiger partial charge in [-0.25, -0.2) is 0 Å². The van der Waals surface area contributed by atoms with E-state index in [1.165, 1.54) is 64.3 Å². The average molecular weight is 280 g/mol. The number of unbranched alkanes of at least 4 members (excludes halogenated alkanes) is 1. The Hall–Kier alpha value is -0.0800. The van der Waals surface area contributed by atoms with Crippen molar-refractivity contribution in [2.75, 3.05) is 13.6 Å². The van der Waals surface area contributed by atoms with Gasteiger partial charge in [0.2, 0.25) is 0 Å². The summed E-state index contributed by atoms with van der Waals surface area (Å²) in [4.78, 5) is 2.63. The van der Waals surface area contributed by atoms with Gasteiger partial charge < -0.3 is 10.2 Å². The molecule has 0 heterocycles. The van der Waals surface area contributed by atoms with E-state index in [2.05, 4.69) is 38.0 Å². The molecule has 0 saturated heterocycles. The van der Waals surface area contributed by atoms with Gasteiger partial charge in [-0.3, -0.25) is 0 Å². The highest BCUT2D eigenvalue weighted by Gasteiger charge is 2.46. The van der Waals surface area contributed by atoms with Gasteiger partial charge in [-0.2, -0.15) is 0 Å². The molecule has 1 spiro atoms. The molecule has 0 aromatic heterocycles. The summed E-state index contributed by atoms with van der Waals surface area (Å²) in [5, 5.41) is 3.79. The van der Waals surface area contributed by atoms with Crippen LogP contribution in [0.2, 0.25) is 0 Å². The van der Waals surface area contributed by atoms with E-state index in [0.717, 1.165) is 17.5 Å². The Bertz CT molecular complexity index is 273. The monoisotopic (exact) mass is 280 g/mol. The molecule has 0 aliphatic heterocycles. The summed E-state index contributed by atoms with van der Waals surface area (Å²) in [6, 6.07) is 2.39. The summed E-state index contributed by atoms with van der Waals surface area (Å²) in [6.45, 7) is 8.20. The maximum Gasteiger partial charge on any atom is 0.00926 e. The summed E-state index contributed by atoms with van der Waals surface area (Å²) in [6.07, 6.45) is 12.7. The van der Waals surface area contributed by atoms with E-state index in [-0.39, 0.29) is 0 Å². The molecular weight excluding hydrogens is 244 g/mol. The largest absolute Gasteiger partial charge is 0.311 e. The quantitative estimate of drug-likeness (QED) is 0.752. The zero-order valence-electron chi connectivity index (χ0n) is 14.3. The molecule has 1 atom stereocenters. The van der Waals surface area contributed by atoms with E-state index in [1.54, 1.807) is 0 Å². The van der Waals surface area contributed by atoms with Crippen LogP contribution in [0.15, 0.2) is 0 Å². The lowest BCUT2D eigenvalue weighted by atomic mass is 9.57. The van der Waals surface area contributed by atoms with Crippen LogP contribution in [0.25, 0.3) is 0 Å². The number of rotatable bonds is 7. The Morgan fingerprint density at radius 1 is 1.20 bits per heavy atom. The van der Waals surface area contributed by atoms with E-state index < -0.39 is 0 Å². The predicted octanol–water partition coefficient (Wildman–Crippen LogP) is 4.20. The maximum absolute atomic E-state index is 3.79. The summed E-state index contributed by atoms with van der Waals surface area (Å²) in [5.74, 6) is 0.